The molecule has 7 nitrogen and oxygen atoms in total. The molecule has 0 saturated carbocycles. The number of hydrogen-bond acceptors (Lipinski definition) is 4. The summed E-state index contributed by atoms with van der Waals surface area (Å²) >= 11 is 0. The molecule has 0 bridgehead atoms. The van der Waals surface area contributed by atoms with E-state index in [4.69, 9.17) is 4.74 Å². The van der Waals surface area contributed by atoms with Crippen LogP contribution in [0.1, 0.15) is 39.2 Å². The molecule has 1 aromatic heterocycles. The van der Waals surface area contributed by atoms with Gasteiger partial charge in [0.1, 0.15) is 5.82 Å². The first-order valence-electron chi connectivity index (χ1n) is 10.1. The molecule has 3 heterocycles. The molecule has 158 valence electrons. The van der Waals surface area contributed by atoms with Crippen LogP contribution in [0.15, 0.2) is 23.0 Å². The number of piperidine rings is 1. The van der Waals surface area contributed by atoms with Gasteiger partial charge >= 0.3 is 11.8 Å². The van der Waals surface area contributed by atoms with Crippen molar-refractivity contribution in [1.82, 2.24) is 19.4 Å². The van der Waals surface area contributed by atoms with Gasteiger partial charge in [-0.25, -0.2) is 18.4 Å². The Morgan fingerprint density at radius 2 is 2.03 bits per heavy atom. The number of carbonyl (C=O) groups is 1. The van der Waals surface area contributed by atoms with E-state index in [1.54, 1.807) is 17.6 Å². The van der Waals surface area contributed by atoms with Crippen molar-refractivity contribution in [2.75, 3.05) is 26.2 Å². The van der Waals surface area contributed by atoms with E-state index in [1.165, 1.54) is 12.1 Å². The fourth-order valence-electron chi connectivity index (χ4n) is 4.71. The quantitative estimate of drug-likeness (QED) is 0.793. The van der Waals surface area contributed by atoms with Crippen LogP contribution in [0.25, 0.3) is 11.0 Å². The SMILES string of the molecule is CCOC(=O)N1CCC(C)(N2CCC(n3c(=O)[nH]c4ccc(F)cc43)CC2)C1F. The van der Waals surface area contributed by atoms with Crippen molar-refractivity contribution >= 4 is 17.1 Å². The molecule has 2 aliphatic rings. The van der Waals surface area contributed by atoms with Gasteiger partial charge in [0.25, 0.3) is 0 Å². The van der Waals surface area contributed by atoms with Crippen molar-refractivity contribution in [3.8, 4) is 0 Å². The van der Waals surface area contributed by atoms with Crippen LogP contribution in [0.3, 0.4) is 0 Å². The van der Waals surface area contributed by atoms with E-state index in [0.29, 0.717) is 49.9 Å². The number of aromatic amines is 1. The summed E-state index contributed by atoms with van der Waals surface area (Å²) in [5, 5.41) is 0. The Labute approximate surface area is 167 Å². The number of benzene rings is 1. The van der Waals surface area contributed by atoms with Gasteiger partial charge in [0, 0.05) is 25.7 Å². The number of imidazole rings is 1. The van der Waals surface area contributed by atoms with Crippen molar-refractivity contribution in [3.05, 3.63) is 34.5 Å². The maximum Gasteiger partial charge on any atom is 0.412 e. The molecule has 0 radical (unpaired) electrons. The first-order chi connectivity index (χ1) is 13.8. The van der Waals surface area contributed by atoms with Crippen LogP contribution in [0, 0.1) is 5.82 Å². The van der Waals surface area contributed by atoms with Crippen LogP contribution in [0.4, 0.5) is 13.6 Å². The molecule has 2 unspecified atom stereocenters. The third kappa shape index (κ3) is 3.31. The van der Waals surface area contributed by atoms with Crippen LogP contribution in [-0.4, -0.2) is 63.5 Å². The Morgan fingerprint density at radius 3 is 2.72 bits per heavy atom. The van der Waals surface area contributed by atoms with Gasteiger partial charge in [-0.15, -0.1) is 0 Å². The molecular formula is C20H26F2N4O3. The van der Waals surface area contributed by atoms with E-state index in [-0.39, 0.29) is 24.2 Å². The lowest BCUT2D eigenvalue weighted by atomic mass is 9.93. The molecular weight excluding hydrogens is 382 g/mol. The van der Waals surface area contributed by atoms with E-state index in [2.05, 4.69) is 9.88 Å². The molecule has 1 aromatic carbocycles. The minimum absolute atomic E-state index is 0.0847. The lowest BCUT2D eigenvalue weighted by Gasteiger charge is -2.44. The molecule has 2 fully saturated rings. The van der Waals surface area contributed by atoms with Crippen LogP contribution in [-0.2, 0) is 4.74 Å². The van der Waals surface area contributed by atoms with Gasteiger partial charge in [-0.2, -0.15) is 0 Å². The van der Waals surface area contributed by atoms with E-state index >= 15 is 4.39 Å². The van der Waals surface area contributed by atoms with Crippen molar-refractivity contribution < 1.29 is 18.3 Å². The Kier molecular flexibility index (Phi) is 5.10. The fourth-order valence-corrected chi connectivity index (χ4v) is 4.71. The van der Waals surface area contributed by atoms with Crippen LogP contribution < -0.4 is 5.69 Å². The first-order valence-corrected chi connectivity index (χ1v) is 10.1. The molecule has 2 aromatic rings. The second-order valence-corrected chi connectivity index (χ2v) is 8.02. The zero-order valence-electron chi connectivity index (χ0n) is 16.7. The van der Waals surface area contributed by atoms with Crippen molar-refractivity contribution in [2.45, 2.75) is 51.0 Å². The molecule has 1 amide bonds. The van der Waals surface area contributed by atoms with Crippen LogP contribution in [0.5, 0.6) is 0 Å². The number of fused-ring (bicyclic) bond motifs is 1. The Bertz CT molecular complexity index is 966. The van der Waals surface area contributed by atoms with E-state index in [0.717, 1.165) is 4.90 Å². The number of amides is 1. The second-order valence-electron chi connectivity index (χ2n) is 8.02. The number of likely N-dealkylation sites (tertiary alicyclic amines) is 2. The second kappa shape index (κ2) is 7.44. The minimum Gasteiger partial charge on any atom is -0.450 e. The molecule has 9 heteroatoms. The number of hydrogen-bond donors (Lipinski definition) is 1. The third-order valence-electron chi connectivity index (χ3n) is 6.38. The summed E-state index contributed by atoms with van der Waals surface area (Å²) in [5.74, 6) is -0.388. The number of nitrogens with zero attached hydrogens (tertiary/aromatic N) is 3. The first kappa shape index (κ1) is 19.9. The maximum absolute atomic E-state index is 15.2. The monoisotopic (exact) mass is 408 g/mol. The lowest BCUT2D eigenvalue weighted by Crippen LogP contribution is -2.56. The third-order valence-corrected chi connectivity index (χ3v) is 6.38. The Morgan fingerprint density at radius 1 is 1.31 bits per heavy atom. The van der Waals surface area contributed by atoms with E-state index in [1.807, 2.05) is 6.92 Å². The number of carbonyl (C=O) groups excluding carboxylic acids is 1. The number of halogens is 2. The Balaban J connectivity index is 1.49. The van der Waals surface area contributed by atoms with E-state index < -0.39 is 17.9 Å². The highest BCUT2D eigenvalue weighted by Gasteiger charge is 2.51. The number of alkyl halides is 1. The maximum atomic E-state index is 15.2. The number of nitrogens with one attached hydrogen (secondary N) is 1. The fraction of sp³-hybridized carbons (Fsp3) is 0.600. The van der Waals surface area contributed by atoms with Crippen LogP contribution in [0.2, 0.25) is 0 Å². The van der Waals surface area contributed by atoms with Gasteiger partial charge in [-0.1, -0.05) is 0 Å². The predicted octanol–water partition coefficient (Wildman–Crippen LogP) is 3.02. The molecule has 1 N–H and O–H groups in total. The average molecular weight is 408 g/mol. The van der Waals surface area contributed by atoms with Gasteiger partial charge < -0.3 is 9.72 Å². The summed E-state index contributed by atoms with van der Waals surface area (Å²) < 4.78 is 35.4. The summed E-state index contributed by atoms with van der Waals surface area (Å²) in [6.07, 6.45) is -0.250. The van der Waals surface area contributed by atoms with E-state index in [9.17, 15) is 14.0 Å². The lowest BCUT2D eigenvalue weighted by molar-refractivity contribution is -0.0220. The molecule has 2 saturated heterocycles. The molecule has 4 rings (SSSR count). The number of rotatable bonds is 3. The number of H-pyrrole nitrogens is 1. The van der Waals surface area contributed by atoms with Crippen molar-refractivity contribution in [1.29, 1.82) is 0 Å². The summed E-state index contributed by atoms with van der Waals surface area (Å²) in [6.45, 7) is 5.25. The van der Waals surface area contributed by atoms with Gasteiger partial charge in [0.05, 0.1) is 23.2 Å². The number of ether oxygens (including phenoxy) is 1. The molecule has 29 heavy (non-hydrogen) atoms. The smallest absolute Gasteiger partial charge is 0.412 e. The molecule has 0 spiro atoms. The largest absolute Gasteiger partial charge is 0.450 e. The molecule has 2 aliphatic heterocycles. The van der Waals surface area contributed by atoms with Gasteiger partial charge in [0.2, 0.25) is 0 Å². The summed E-state index contributed by atoms with van der Waals surface area (Å²) in [4.78, 5) is 30.4. The number of aromatic nitrogens is 2. The van der Waals surface area contributed by atoms with Gasteiger partial charge in [-0.3, -0.25) is 14.4 Å². The van der Waals surface area contributed by atoms with Crippen molar-refractivity contribution in [3.63, 3.8) is 0 Å². The zero-order chi connectivity index (χ0) is 20.8. The topological polar surface area (TPSA) is 70.6 Å². The molecule has 2 atom stereocenters. The van der Waals surface area contributed by atoms with Crippen LogP contribution >= 0.6 is 0 Å². The summed E-state index contributed by atoms with van der Waals surface area (Å²) in [7, 11) is 0. The summed E-state index contributed by atoms with van der Waals surface area (Å²) in [6, 6.07) is 4.17. The minimum atomic E-state index is -1.44. The predicted molar refractivity (Wildman–Crippen MR) is 104 cm³/mol. The standard InChI is InChI=1S/C20H26F2N4O3/c1-3-29-19(28)25-11-8-20(2,17(25)22)24-9-6-14(7-10-24)26-16-12-13(21)4-5-15(16)23-18(26)27/h4-5,12,14,17H,3,6-11H2,1-2H3,(H,23,27). The zero-order valence-corrected chi connectivity index (χ0v) is 16.7. The highest BCUT2D eigenvalue weighted by molar-refractivity contribution is 5.75. The highest BCUT2D eigenvalue weighted by atomic mass is 19.1. The normalized spacial score (nSPS) is 26.3. The van der Waals surface area contributed by atoms with Gasteiger partial charge in [0.15, 0.2) is 6.30 Å². The highest BCUT2D eigenvalue weighted by Crippen LogP contribution is 2.38. The Hall–Kier alpha value is -2.42. The summed E-state index contributed by atoms with van der Waals surface area (Å²) in [5.41, 5.74) is 0.121. The molecule has 0 aliphatic carbocycles. The van der Waals surface area contributed by atoms with Crippen molar-refractivity contribution in [2.24, 2.45) is 0 Å². The van der Waals surface area contributed by atoms with Gasteiger partial charge in [-0.05, 0) is 51.3 Å². The average Bonchev–Trinajstić information content (AvgIpc) is 3.18.